The third-order valence-corrected chi connectivity index (χ3v) is 3.41. The smallest absolute Gasteiger partial charge is 0.274 e. The Morgan fingerprint density at radius 1 is 1.39 bits per heavy atom. The fourth-order valence-corrected chi connectivity index (χ4v) is 2.42. The van der Waals surface area contributed by atoms with Crippen LogP contribution >= 0.6 is 11.3 Å². The third-order valence-electron chi connectivity index (χ3n) is 2.68. The highest BCUT2D eigenvalue weighted by atomic mass is 32.1. The van der Waals surface area contributed by atoms with Gasteiger partial charge in [-0.3, -0.25) is 10.1 Å². The molecule has 0 aliphatic rings. The number of nitrogens with one attached hydrogen (secondary N) is 2. The van der Waals surface area contributed by atoms with E-state index in [4.69, 9.17) is 11.5 Å². The van der Waals surface area contributed by atoms with E-state index < -0.39 is 4.92 Å². The molecule has 0 aliphatic carbocycles. The molecule has 10 heteroatoms. The molecule has 23 heavy (non-hydrogen) atoms. The molecular formula is C13H15N7O2S. The lowest BCUT2D eigenvalue weighted by Gasteiger charge is -2.08. The summed E-state index contributed by atoms with van der Waals surface area (Å²) in [6.07, 6.45) is 0.857. The topological polar surface area (TPSA) is 144 Å². The second kappa shape index (κ2) is 7.22. The summed E-state index contributed by atoms with van der Waals surface area (Å²) in [5.74, 6) is 0.245. The van der Waals surface area contributed by atoms with Crippen LogP contribution in [0.2, 0.25) is 0 Å². The van der Waals surface area contributed by atoms with Gasteiger partial charge in [-0.15, -0.1) is 11.3 Å². The standard InChI is InChI=1S/C13H15N7O2S/c1-16-11(6-20(21)22)17-9-4-2-8(3-5-9)10-7-23-13(18-10)19-12(14)15/h2-7,16-17H,1H3,(H4,14,15,18,19)/b11-6+. The number of thiazole rings is 1. The van der Waals surface area contributed by atoms with Gasteiger partial charge in [0.2, 0.25) is 5.13 Å². The molecule has 0 saturated heterocycles. The number of anilines is 1. The normalized spacial score (nSPS) is 10.9. The van der Waals surface area contributed by atoms with Crippen molar-refractivity contribution < 1.29 is 4.92 Å². The van der Waals surface area contributed by atoms with E-state index in [0.717, 1.165) is 17.5 Å². The average Bonchev–Trinajstić information content (AvgIpc) is 2.94. The quantitative estimate of drug-likeness (QED) is 0.271. The van der Waals surface area contributed by atoms with Gasteiger partial charge in [-0.2, -0.15) is 4.99 Å². The first-order valence-electron chi connectivity index (χ1n) is 6.43. The molecule has 0 radical (unpaired) electrons. The first-order chi connectivity index (χ1) is 11.0. The van der Waals surface area contributed by atoms with Crippen molar-refractivity contribution in [2.45, 2.75) is 0 Å². The molecule has 0 bridgehead atoms. The second-order valence-corrected chi connectivity index (χ2v) is 5.17. The monoisotopic (exact) mass is 333 g/mol. The van der Waals surface area contributed by atoms with Crippen LogP contribution in [0.3, 0.4) is 0 Å². The summed E-state index contributed by atoms with van der Waals surface area (Å²) in [5, 5.41) is 18.4. The minimum Gasteiger partial charge on any atom is -0.370 e. The van der Waals surface area contributed by atoms with Gasteiger partial charge in [-0.1, -0.05) is 12.1 Å². The Morgan fingerprint density at radius 2 is 2.09 bits per heavy atom. The highest BCUT2D eigenvalue weighted by Crippen LogP contribution is 2.27. The number of nitrogens with zero attached hydrogens (tertiary/aromatic N) is 3. The van der Waals surface area contributed by atoms with Crippen LogP contribution in [0.4, 0.5) is 10.8 Å². The van der Waals surface area contributed by atoms with Gasteiger partial charge in [0.25, 0.3) is 6.20 Å². The molecule has 0 fully saturated rings. The Labute approximate surface area is 135 Å². The molecule has 2 aromatic rings. The summed E-state index contributed by atoms with van der Waals surface area (Å²) >= 11 is 1.33. The molecule has 0 amide bonds. The minimum atomic E-state index is -0.534. The predicted molar refractivity (Wildman–Crippen MR) is 90.8 cm³/mol. The molecule has 120 valence electrons. The van der Waals surface area contributed by atoms with Crippen molar-refractivity contribution in [1.29, 1.82) is 0 Å². The van der Waals surface area contributed by atoms with E-state index >= 15 is 0 Å². The molecule has 0 unspecified atom stereocenters. The fourth-order valence-electron chi connectivity index (χ4n) is 1.70. The van der Waals surface area contributed by atoms with E-state index in [1.807, 2.05) is 17.5 Å². The molecule has 0 atom stereocenters. The lowest BCUT2D eigenvalue weighted by atomic mass is 10.1. The lowest BCUT2D eigenvalue weighted by Crippen LogP contribution is -2.21. The van der Waals surface area contributed by atoms with Crippen LogP contribution in [0, 0.1) is 10.1 Å². The maximum absolute atomic E-state index is 10.5. The van der Waals surface area contributed by atoms with Gasteiger partial charge >= 0.3 is 0 Å². The zero-order chi connectivity index (χ0) is 16.8. The summed E-state index contributed by atoms with van der Waals surface area (Å²) in [7, 11) is 1.59. The molecule has 6 N–H and O–H groups in total. The number of benzene rings is 1. The van der Waals surface area contributed by atoms with E-state index in [1.54, 1.807) is 19.2 Å². The van der Waals surface area contributed by atoms with Gasteiger partial charge in [-0.05, 0) is 12.1 Å². The van der Waals surface area contributed by atoms with Crippen molar-refractivity contribution in [3.63, 3.8) is 0 Å². The van der Waals surface area contributed by atoms with Crippen molar-refractivity contribution >= 4 is 28.1 Å². The summed E-state index contributed by atoms with van der Waals surface area (Å²) in [4.78, 5) is 18.1. The van der Waals surface area contributed by atoms with Crippen molar-refractivity contribution in [2.75, 3.05) is 12.4 Å². The van der Waals surface area contributed by atoms with E-state index in [-0.39, 0.29) is 11.8 Å². The maximum atomic E-state index is 10.5. The van der Waals surface area contributed by atoms with Crippen molar-refractivity contribution in [3.8, 4) is 11.3 Å². The molecule has 0 saturated carbocycles. The maximum Gasteiger partial charge on any atom is 0.274 e. The third kappa shape index (κ3) is 4.68. The minimum absolute atomic E-state index is 0.0392. The number of guanidine groups is 1. The van der Waals surface area contributed by atoms with Crippen LogP contribution in [0.15, 0.2) is 46.7 Å². The number of hydrogen-bond donors (Lipinski definition) is 4. The van der Waals surface area contributed by atoms with Crippen LogP contribution in [-0.4, -0.2) is 22.9 Å². The molecular weight excluding hydrogens is 318 g/mol. The summed E-state index contributed by atoms with van der Waals surface area (Å²) in [6, 6.07) is 7.27. The van der Waals surface area contributed by atoms with Crippen LogP contribution < -0.4 is 22.1 Å². The zero-order valence-electron chi connectivity index (χ0n) is 12.2. The van der Waals surface area contributed by atoms with E-state index in [9.17, 15) is 10.1 Å². The number of rotatable bonds is 6. The molecule has 9 nitrogen and oxygen atoms in total. The number of aliphatic imine (C=N–C) groups is 1. The van der Waals surface area contributed by atoms with Crippen molar-refractivity contribution in [2.24, 2.45) is 16.5 Å². The fraction of sp³-hybridized carbons (Fsp3) is 0.0769. The van der Waals surface area contributed by atoms with E-state index in [0.29, 0.717) is 10.8 Å². The van der Waals surface area contributed by atoms with E-state index in [2.05, 4.69) is 20.6 Å². The van der Waals surface area contributed by atoms with Gasteiger partial charge < -0.3 is 22.1 Å². The lowest BCUT2D eigenvalue weighted by molar-refractivity contribution is -0.403. The Kier molecular flexibility index (Phi) is 5.10. The van der Waals surface area contributed by atoms with Gasteiger partial charge in [0, 0.05) is 23.7 Å². The highest BCUT2D eigenvalue weighted by Gasteiger charge is 2.05. The molecule has 2 rings (SSSR count). The Morgan fingerprint density at radius 3 is 2.65 bits per heavy atom. The summed E-state index contributed by atoms with van der Waals surface area (Å²) < 4.78 is 0. The first kappa shape index (κ1) is 16.2. The Bertz CT molecular complexity index is 748. The van der Waals surface area contributed by atoms with Gasteiger partial charge in [-0.25, -0.2) is 4.98 Å². The predicted octanol–water partition coefficient (Wildman–Crippen LogP) is 1.42. The van der Waals surface area contributed by atoms with Gasteiger partial charge in [0.15, 0.2) is 11.8 Å². The second-order valence-electron chi connectivity index (χ2n) is 4.33. The van der Waals surface area contributed by atoms with Gasteiger partial charge in [0.05, 0.1) is 10.6 Å². The molecule has 1 aromatic carbocycles. The molecule has 0 aliphatic heterocycles. The summed E-state index contributed by atoms with van der Waals surface area (Å²) in [5.41, 5.74) is 13.0. The largest absolute Gasteiger partial charge is 0.370 e. The van der Waals surface area contributed by atoms with Crippen LogP contribution in [-0.2, 0) is 0 Å². The molecule has 1 aromatic heterocycles. The van der Waals surface area contributed by atoms with Crippen LogP contribution in [0.5, 0.6) is 0 Å². The molecule has 1 heterocycles. The Balaban J connectivity index is 2.14. The first-order valence-corrected chi connectivity index (χ1v) is 7.31. The van der Waals surface area contributed by atoms with Crippen molar-refractivity contribution in [3.05, 3.63) is 51.8 Å². The summed E-state index contributed by atoms with van der Waals surface area (Å²) in [6.45, 7) is 0. The van der Waals surface area contributed by atoms with Crippen LogP contribution in [0.1, 0.15) is 0 Å². The Hall–Kier alpha value is -3.14. The number of aromatic nitrogens is 1. The van der Waals surface area contributed by atoms with Gasteiger partial charge in [0.1, 0.15) is 0 Å². The number of hydrogen-bond acceptors (Lipinski definition) is 7. The SMILES string of the molecule is CN/C(=C\[N+](=O)[O-])Nc1ccc(-c2csc(N=C(N)N)n2)cc1. The number of nitro groups is 1. The van der Waals surface area contributed by atoms with E-state index in [1.165, 1.54) is 11.3 Å². The highest BCUT2D eigenvalue weighted by molar-refractivity contribution is 7.13. The average molecular weight is 333 g/mol. The van der Waals surface area contributed by atoms with Crippen LogP contribution in [0.25, 0.3) is 11.3 Å². The van der Waals surface area contributed by atoms with Crippen molar-refractivity contribution in [1.82, 2.24) is 10.3 Å². The zero-order valence-corrected chi connectivity index (χ0v) is 13.0. The number of nitrogens with two attached hydrogens (primary N) is 2. The molecule has 0 spiro atoms.